The molecule has 3 rings (SSSR count). The number of pyridine rings is 1. The summed E-state index contributed by atoms with van der Waals surface area (Å²) in [5.74, 6) is 1.24. The highest BCUT2D eigenvalue weighted by Gasteiger charge is 2.31. The molecule has 6 heteroatoms. The van der Waals surface area contributed by atoms with Crippen LogP contribution in [0.15, 0.2) is 66.9 Å². The molecule has 0 spiro atoms. The third-order valence-electron chi connectivity index (χ3n) is 4.26. The number of alkyl halides is 3. The lowest BCUT2D eigenvalue weighted by atomic mass is 9.96. The summed E-state index contributed by atoms with van der Waals surface area (Å²) >= 11 is 0. The van der Waals surface area contributed by atoms with E-state index in [-0.39, 0.29) is 0 Å². The van der Waals surface area contributed by atoms with Crippen molar-refractivity contribution >= 4 is 5.82 Å². The van der Waals surface area contributed by atoms with Crippen molar-refractivity contribution in [2.75, 3.05) is 12.4 Å². The molecule has 0 aliphatic heterocycles. The largest absolute Gasteiger partial charge is 0.497 e. The van der Waals surface area contributed by atoms with Crippen LogP contribution in [-0.2, 0) is 6.18 Å². The van der Waals surface area contributed by atoms with Crippen LogP contribution >= 0.6 is 0 Å². The maximum absolute atomic E-state index is 13.2. The number of aryl methyl sites for hydroxylation is 1. The number of methoxy groups -OCH3 is 1. The molecule has 0 bridgehead atoms. The molecule has 0 fully saturated rings. The van der Waals surface area contributed by atoms with Gasteiger partial charge in [0.1, 0.15) is 11.6 Å². The Balaban J connectivity index is 2.08. The zero-order chi connectivity index (χ0) is 19.4. The Bertz CT molecular complexity index is 925. The maximum atomic E-state index is 13.2. The smallest absolute Gasteiger partial charge is 0.416 e. The quantitative estimate of drug-likeness (QED) is 0.631. The molecule has 1 unspecified atom stereocenters. The fourth-order valence-electron chi connectivity index (χ4n) is 2.85. The van der Waals surface area contributed by atoms with Gasteiger partial charge in [0.15, 0.2) is 0 Å². The van der Waals surface area contributed by atoms with Gasteiger partial charge in [-0.15, -0.1) is 0 Å². The molecule has 140 valence electrons. The van der Waals surface area contributed by atoms with Gasteiger partial charge in [0.2, 0.25) is 0 Å². The van der Waals surface area contributed by atoms with Gasteiger partial charge in [0.25, 0.3) is 0 Å². The molecule has 1 aromatic heterocycles. The molecule has 0 saturated carbocycles. The predicted molar refractivity (Wildman–Crippen MR) is 98.9 cm³/mol. The maximum Gasteiger partial charge on any atom is 0.416 e. The molecular weight excluding hydrogens is 353 g/mol. The highest BCUT2D eigenvalue weighted by molar-refractivity contribution is 5.50. The first-order chi connectivity index (χ1) is 12.9. The van der Waals surface area contributed by atoms with Crippen LogP contribution in [0.4, 0.5) is 19.0 Å². The molecule has 1 N–H and O–H groups in total. The Morgan fingerprint density at radius 3 is 2.33 bits per heavy atom. The third-order valence-corrected chi connectivity index (χ3v) is 4.26. The molecule has 27 heavy (non-hydrogen) atoms. The normalized spacial score (nSPS) is 12.5. The van der Waals surface area contributed by atoms with E-state index in [9.17, 15) is 13.2 Å². The summed E-state index contributed by atoms with van der Waals surface area (Å²) in [7, 11) is 1.55. The molecule has 2 aromatic carbocycles. The molecule has 0 amide bonds. The van der Waals surface area contributed by atoms with Crippen molar-refractivity contribution < 1.29 is 17.9 Å². The topological polar surface area (TPSA) is 34.1 Å². The van der Waals surface area contributed by atoms with E-state index < -0.39 is 17.8 Å². The van der Waals surface area contributed by atoms with E-state index in [0.29, 0.717) is 17.1 Å². The Hall–Kier alpha value is -3.02. The van der Waals surface area contributed by atoms with Crippen molar-refractivity contribution in [1.29, 1.82) is 0 Å². The van der Waals surface area contributed by atoms with Crippen molar-refractivity contribution in [3.05, 3.63) is 89.1 Å². The minimum Gasteiger partial charge on any atom is -0.497 e. The van der Waals surface area contributed by atoms with Gasteiger partial charge in [-0.25, -0.2) is 4.98 Å². The van der Waals surface area contributed by atoms with Crippen molar-refractivity contribution in [3.63, 3.8) is 0 Å². The summed E-state index contributed by atoms with van der Waals surface area (Å²) in [6, 6.07) is 15.7. The number of nitrogens with zero attached hydrogens (tertiary/aromatic N) is 1. The van der Waals surface area contributed by atoms with E-state index in [0.717, 1.165) is 23.3 Å². The number of anilines is 1. The first kappa shape index (κ1) is 18.8. The average Bonchev–Trinajstić information content (AvgIpc) is 2.67. The molecule has 3 aromatic rings. The monoisotopic (exact) mass is 372 g/mol. The summed E-state index contributed by atoms with van der Waals surface area (Å²) in [5, 5.41) is 3.28. The molecule has 0 radical (unpaired) electrons. The van der Waals surface area contributed by atoms with Crippen molar-refractivity contribution in [1.82, 2.24) is 4.98 Å². The number of aromatic nitrogens is 1. The molecule has 1 atom stereocenters. The van der Waals surface area contributed by atoms with Gasteiger partial charge in [0, 0.05) is 6.20 Å². The number of hydrogen-bond acceptors (Lipinski definition) is 3. The van der Waals surface area contributed by atoms with Crippen LogP contribution < -0.4 is 10.1 Å². The van der Waals surface area contributed by atoms with Crippen LogP contribution in [0.3, 0.4) is 0 Å². The lowest BCUT2D eigenvalue weighted by molar-refractivity contribution is -0.137. The van der Waals surface area contributed by atoms with Gasteiger partial charge in [-0.1, -0.05) is 30.3 Å². The van der Waals surface area contributed by atoms with Crippen LogP contribution in [0.2, 0.25) is 0 Å². The molecule has 3 nitrogen and oxygen atoms in total. The Morgan fingerprint density at radius 1 is 0.963 bits per heavy atom. The van der Waals surface area contributed by atoms with Gasteiger partial charge >= 0.3 is 6.18 Å². The fourth-order valence-corrected chi connectivity index (χ4v) is 2.85. The second kappa shape index (κ2) is 7.70. The lowest BCUT2D eigenvalue weighted by Gasteiger charge is -2.23. The zero-order valence-corrected chi connectivity index (χ0v) is 14.9. The molecule has 0 saturated heterocycles. The second-order valence-corrected chi connectivity index (χ2v) is 6.15. The van der Waals surface area contributed by atoms with Crippen molar-refractivity contribution in [3.8, 4) is 5.75 Å². The van der Waals surface area contributed by atoms with Crippen molar-refractivity contribution in [2.45, 2.75) is 19.1 Å². The summed E-state index contributed by atoms with van der Waals surface area (Å²) < 4.78 is 44.8. The first-order valence-corrected chi connectivity index (χ1v) is 8.38. The number of hydrogen-bond donors (Lipinski definition) is 1. The number of ether oxygens (including phenoxy) is 1. The van der Waals surface area contributed by atoms with E-state index >= 15 is 0 Å². The predicted octanol–water partition coefficient (Wildman–Crippen LogP) is 5.62. The van der Waals surface area contributed by atoms with Crippen LogP contribution in [0.1, 0.15) is 28.3 Å². The lowest BCUT2D eigenvalue weighted by Crippen LogP contribution is -2.15. The van der Waals surface area contributed by atoms with E-state index in [1.165, 1.54) is 6.07 Å². The van der Waals surface area contributed by atoms with E-state index in [1.54, 1.807) is 31.5 Å². The zero-order valence-electron chi connectivity index (χ0n) is 14.9. The van der Waals surface area contributed by atoms with Crippen LogP contribution in [0, 0.1) is 6.92 Å². The fraction of sp³-hybridized carbons (Fsp3) is 0.190. The highest BCUT2D eigenvalue weighted by atomic mass is 19.4. The minimum atomic E-state index is -4.41. The van der Waals surface area contributed by atoms with Gasteiger partial charge < -0.3 is 10.1 Å². The Kier molecular flexibility index (Phi) is 5.35. The summed E-state index contributed by atoms with van der Waals surface area (Å²) in [5.41, 5.74) is 1.48. The van der Waals surface area contributed by atoms with Gasteiger partial charge in [0.05, 0.1) is 18.7 Å². The van der Waals surface area contributed by atoms with Crippen LogP contribution in [-0.4, -0.2) is 12.1 Å². The first-order valence-electron chi connectivity index (χ1n) is 8.38. The molecule has 1 heterocycles. The van der Waals surface area contributed by atoms with Gasteiger partial charge in [-0.05, 0) is 53.9 Å². The van der Waals surface area contributed by atoms with Crippen LogP contribution in [0.25, 0.3) is 0 Å². The number of halogens is 3. The van der Waals surface area contributed by atoms with E-state index in [2.05, 4.69) is 10.3 Å². The van der Waals surface area contributed by atoms with Crippen LogP contribution in [0.5, 0.6) is 5.75 Å². The van der Waals surface area contributed by atoms with Gasteiger partial charge in [-0.3, -0.25) is 0 Å². The molecule has 0 aliphatic rings. The SMILES string of the molecule is COc1cccc(C(Nc2ncccc2C)c2cccc(C(F)(F)F)c2)c1. The van der Waals surface area contributed by atoms with E-state index in [1.807, 2.05) is 31.2 Å². The summed E-state index contributed by atoms with van der Waals surface area (Å²) in [6.07, 6.45) is -2.76. The molecule has 0 aliphatic carbocycles. The number of benzene rings is 2. The summed E-state index contributed by atoms with van der Waals surface area (Å²) in [6.45, 7) is 1.89. The number of rotatable bonds is 5. The van der Waals surface area contributed by atoms with E-state index in [4.69, 9.17) is 4.74 Å². The Labute approximate surface area is 155 Å². The van der Waals surface area contributed by atoms with Crippen molar-refractivity contribution in [2.24, 2.45) is 0 Å². The highest BCUT2D eigenvalue weighted by Crippen LogP contribution is 2.34. The Morgan fingerprint density at radius 2 is 1.67 bits per heavy atom. The average molecular weight is 372 g/mol. The number of nitrogens with one attached hydrogen (secondary N) is 1. The van der Waals surface area contributed by atoms with Gasteiger partial charge in [-0.2, -0.15) is 13.2 Å². The second-order valence-electron chi connectivity index (χ2n) is 6.15. The minimum absolute atomic E-state index is 0.489. The molecular formula is C21H19F3N2O. The third kappa shape index (κ3) is 4.39. The standard InChI is InChI=1S/C21H19F3N2O/c1-14-6-5-11-25-20(14)26-19(16-8-4-10-18(13-16)27-2)15-7-3-9-17(12-15)21(22,23)24/h3-13,19H,1-2H3,(H,25,26). The summed E-state index contributed by atoms with van der Waals surface area (Å²) in [4.78, 5) is 4.32.